The summed E-state index contributed by atoms with van der Waals surface area (Å²) in [6.45, 7) is 0.0628. The number of hydrogen-bond donors (Lipinski definition) is 1. The van der Waals surface area contributed by atoms with E-state index in [1.165, 1.54) is 4.90 Å². The highest BCUT2D eigenvalue weighted by Crippen LogP contribution is 2.34. The molecular formula is C29H21ClN2O4S. The predicted octanol–water partition coefficient (Wildman–Crippen LogP) is 6.75. The van der Waals surface area contributed by atoms with Crippen LogP contribution in [0.5, 0.6) is 5.75 Å². The fourth-order valence-electron chi connectivity index (χ4n) is 3.85. The molecule has 4 aromatic rings. The Bertz CT molecular complexity index is 1520. The molecular weight excluding hydrogens is 508 g/mol. The zero-order valence-electron chi connectivity index (χ0n) is 19.5. The number of halogens is 1. The monoisotopic (exact) mass is 528 g/mol. The third kappa shape index (κ3) is 6.02. The molecule has 1 aliphatic rings. The third-order valence-electron chi connectivity index (χ3n) is 5.70. The van der Waals surface area contributed by atoms with Crippen molar-refractivity contribution in [1.29, 1.82) is 0 Å². The lowest BCUT2D eigenvalue weighted by atomic mass is 10.1. The van der Waals surface area contributed by atoms with Crippen molar-refractivity contribution >= 4 is 63.0 Å². The number of carbonyl (C=O) groups excluding carboxylic acids is 3. The first-order valence-corrected chi connectivity index (χ1v) is 12.7. The molecule has 3 amide bonds. The molecule has 0 bridgehead atoms. The van der Waals surface area contributed by atoms with E-state index in [9.17, 15) is 14.4 Å². The second-order valence-corrected chi connectivity index (χ2v) is 9.79. The van der Waals surface area contributed by atoms with Gasteiger partial charge in [-0.25, -0.2) is 0 Å². The van der Waals surface area contributed by atoms with Gasteiger partial charge in [0.2, 0.25) is 0 Å². The van der Waals surface area contributed by atoms with E-state index in [1.54, 1.807) is 54.6 Å². The molecule has 0 radical (unpaired) electrons. The van der Waals surface area contributed by atoms with Gasteiger partial charge < -0.3 is 10.1 Å². The van der Waals surface area contributed by atoms with E-state index in [2.05, 4.69) is 5.32 Å². The van der Waals surface area contributed by atoms with Gasteiger partial charge in [-0.15, -0.1) is 0 Å². The maximum absolute atomic E-state index is 12.9. The van der Waals surface area contributed by atoms with Crippen LogP contribution in [0.4, 0.5) is 10.5 Å². The van der Waals surface area contributed by atoms with E-state index in [0.717, 1.165) is 33.7 Å². The lowest BCUT2D eigenvalue weighted by molar-refractivity contribution is -0.123. The Labute approximate surface area is 222 Å². The van der Waals surface area contributed by atoms with E-state index in [1.807, 2.05) is 42.5 Å². The number of nitrogens with zero attached hydrogens (tertiary/aromatic N) is 1. The number of amides is 3. The van der Waals surface area contributed by atoms with Crippen molar-refractivity contribution in [1.82, 2.24) is 4.90 Å². The second kappa shape index (κ2) is 10.9. The summed E-state index contributed by atoms with van der Waals surface area (Å²) in [4.78, 5) is 39.2. The van der Waals surface area contributed by atoms with Crippen LogP contribution < -0.4 is 10.1 Å². The molecule has 1 heterocycles. The van der Waals surface area contributed by atoms with Crippen LogP contribution in [-0.4, -0.2) is 28.6 Å². The van der Waals surface area contributed by atoms with Crippen LogP contribution in [0.25, 0.3) is 16.8 Å². The number of thioether (sulfide) groups is 1. The molecule has 0 saturated carbocycles. The fourth-order valence-corrected chi connectivity index (χ4v) is 4.81. The maximum atomic E-state index is 12.9. The summed E-state index contributed by atoms with van der Waals surface area (Å²) >= 11 is 6.77. The lowest BCUT2D eigenvalue weighted by Crippen LogP contribution is -2.27. The quantitative estimate of drug-likeness (QED) is 0.269. The van der Waals surface area contributed by atoms with E-state index in [-0.39, 0.29) is 30.2 Å². The van der Waals surface area contributed by atoms with E-state index < -0.39 is 0 Å². The fraction of sp³-hybridized carbons (Fsp3) is 0.0690. The minimum absolute atomic E-state index is 0.157. The highest BCUT2D eigenvalue weighted by molar-refractivity contribution is 8.18. The molecule has 0 atom stereocenters. The molecule has 1 fully saturated rings. The number of nitrogens with one attached hydrogen (secondary N) is 1. The van der Waals surface area contributed by atoms with Gasteiger partial charge in [0, 0.05) is 10.7 Å². The zero-order chi connectivity index (χ0) is 25.8. The summed E-state index contributed by atoms with van der Waals surface area (Å²) < 4.78 is 5.55. The Morgan fingerprint density at radius 2 is 1.65 bits per heavy atom. The number of imide groups is 1. The van der Waals surface area contributed by atoms with E-state index in [4.69, 9.17) is 16.3 Å². The molecule has 0 unspecified atom stereocenters. The molecule has 1 N–H and O–H groups in total. The Balaban J connectivity index is 1.19. The first-order valence-electron chi connectivity index (χ1n) is 11.5. The number of benzene rings is 4. The molecule has 1 aliphatic heterocycles. The van der Waals surface area contributed by atoms with Crippen molar-refractivity contribution in [2.75, 3.05) is 11.9 Å². The molecule has 184 valence electrons. The van der Waals surface area contributed by atoms with Gasteiger partial charge in [-0.2, -0.15) is 0 Å². The summed E-state index contributed by atoms with van der Waals surface area (Å²) in [7, 11) is 0. The number of fused-ring (bicyclic) bond motifs is 1. The van der Waals surface area contributed by atoms with Crippen molar-refractivity contribution < 1.29 is 19.1 Å². The highest BCUT2D eigenvalue weighted by Gasteiger charge is 2.35. The van der Waals surface area contributed by atoms with Gasteiger partial charge in [-0.05, 0) is 82.2 Å². The molecule has 0 aromatic heterocycles. The zero-order valence-corrected chi connectivity index (χ0v) is 21.1. The minimum atomic E-state index is -0.317. The van der Waals surface area contributed by atoms with Crippen LogP contribution in [0.1, 0.15) is 11.1 Å². The van der Waals surface area contributed by atoms with E-state index in [0.29, 0.717) is 21.4 Å². The molecule has 0 aliphatic carbocycles. The second-order valence-electron chi connectivity index (χ2n) is 8.36. The largest absolute Gasteiger partial charge is 0.484 e. The van der Waals surface area contributed by atoms with Crippen LogP contribution in [0.2, 0.25) is 5.02 Å². The van der Waals surface area contributed by atoms with Crippen LogP contribution in [-0.2, 0) is 16.1 Å². The maximum Gasteiger partial charge on any atom is 0.293 e. The van der Waals surface area contributed by atoms with Crippen molar-refractivity contribution in [3.63, 3.8) is 0 Å². The average molecular weight is 529 g/mol. The molecule has 8 heteroatoms. The van der Waals surface area contributed by atoms with Crippen molar-refractivity contribution in [3.05, 3.63) is 112 Å². The van der Waals surface area contributed by atoms with Gasteiger partial charge in [-0.1, -0.05) is 60.1 Å². The number of carbonyl (C=O) groups is 3. The van der Waals surface area contributed by atoms with Crippen molar-refractivity contribution in [2.24, 2.45) is 0 Å². The minimum Gasteiger partial charge on any atom is -0.484 e. The van der Waals surface area contributed by atoms with Gasteiger partial charge in [0.05, 0.1) is 11.4 Å². The first-order chi connectivity index (χ1) is 17.9. The van der Waals surface area contributed by atoms with Crippen molar-refractivity contribution in [3.8, 4) is 5.75 Å². The lowest BCUT2D eigenvalue weighted by Gasteiger charge is -2.13. The number of hydrogen-bond acceptors (Lipinski definition) is 5. The molecule has 37 heavy (non-hydrogen) atoms. The average Bonchev–Trinajstić information content (AvgIpc) is 3.17. The summed E-state index contributed by atoms with van der Waals surface area (Å²) in [5.74, 6) is -0.110. The molecule has 0 spiro atoms. The Morgan fingerprint density at radius 1 is 0.919 bits per heavy atom. The Hall–Kier alpha value is -4.07. The van der Waals surface area contributed by atoms with Gasteiger partial charge in [0.15, 0.2) is 6.61 Å². The van der Waals surface area contributed by atoms with E-state index >= 15 is 0 Å². The smallest absolute Gasteiger partial charge is 0.293 e. The summed E-state index contributed by atoms with van der Waals surface area (Å²) in [5, 5.41) is 5.19. The molecule has 5 rings (SSSR count). The molecule has 1 saturated heterocycles. The summed E-state index contributed by atoms with van der Waals surface area (Å²) in [5.41, 5.74) is 2.26. The van der Waals surface area contributed by atoms with Crippen LogP contribution in [0, 0.1) is 0 Å². The number of rotatable bonds is 7. The SMILES string of the molecule is O=C(COc1ccc(/C=C2\SC(=O)N(Cc3ccc4ccccc4c3)C2=O)cc1)Nc1ccc(Cl)cc1. The Kier molecular flexibility index (Phi) is 7.25. The summed E-state index contributed by atoms with van der Waals surface area (Å²) in [6, 6.07) is 27.6. The van der Waals surface area contributed by atoms with Gasteiger partial charge >= 0.3 is 0 Å². The van der Waals surface area contributed by atoms with Gasteiger partial charge in [0.1, 0.15) is 5.75 Å². The Morgan fingerprint density at radius 3 is 2.41 bits per heavy atom. The topological polar surface area (TPSA) is 75.7 Å². The predicted molar refractivity (Wildman–Crippen MR) is 147 cm³/mol. The molecule has 6 nitrogen and oxygen atoms in total. The summed E-state index contributed by atoms with van der Waals surface area (Å²) in [6.07, 6.45) is 1.68. The third-order valence-corrected chi connectivity index (χ3v) is 6.86. The van der Waals surface area contributed by atoms with Crippen LogP contribution in [0.15, 0.2) is 95.9 Å². The normalized spacial score (nSPS) is 14.4. The standard InChI is InChI=1S/C29H21ClN2O4S/c30-23-9-11-24(12-10-23)31-27(33)18-36-25-13-6-19(7-14-25)16-26-28(34)32(29(35)37-26)17-20-5-8-21-3-1-2-4-22(21)15-20/h1-16H,17-18H2,(H,31,33)/b26-16-. The first kappa shape index (κ1) is 24.6. The van der Waals surface area contributed by atoms with Gasteiger partial charge in [0.25, 0.3) is 17.1 Å². The van der Waals surface area contributed by atoms with Crippen molar-refractivity contribution in [2.45, 2.75) is 6.54 Å². The van der Waals surface area contributed by atoms with Crippen LogP contribution in [0.3, 0.4) is 0 Å². The highest BCUT2D eigenvalue weighted by atomic mass is 35.5. The van der Waals surface area contributed by atoms with Gasteiger partial charge in [-0.3, -0.25) is 19.3 Å². The van der Waals surface area contributed by atoms with Crippen LogP contribution >= 0.6 is 23.4 Å². The number of anilines is 1. The number of ether oxygens (including phenoxy) is 1. The molecule has 4 aromatic carbocycles.